The van der Waals surface area contributed by atoms with E-state index in [9.17, 15) is 80.8 Å². The van der Waals surface area contributed by atoms with E-state index in [2.05, 4.69) is 0 Å². The largest absolute Gasteiger partial charge is 0.510 e. The van der Waals surface area contributed by atoms with Gasteiger partial charge in [0.05, 0.1) is 25.4 Å². The molecule has 3 fully saturated rings. The maximum absolute atomic E-state index is 13.2. The lowest BCUT2D eigenvalue weighted by Gasteiger charge is -2.45. The van der Waals surface area contributed by atoms with Crippen LogP contribution in [0.1, 0.15) is 11.1 Å². The van der Waals surface area contributed by atoms with Crippen LogP contribution in [0, 0.1) is 0 Å². The molecular formula is C52H55O26+. The van der Waals surface area contributed by atoms with Gasteiger partial charge in [0.25, 0.3) is 0 Å². The van der Waals surface area contributed by atoms with E-state index in [4.69, 9.17) is 47.0 Å². The highest BCUT2D eigenvalue weighted by atomic mass is 16.8. The number of esters is 2. The number of rotatable bonds is 17. The molecule has 4 heterocycles. The molecular weight excluding hydrogens is 1040 g/mol. The Hall–Kier alpha value is -7.41. The van der Waals surface area contributed by atoms with Gasteiger partial charge < -0.3 is 118 Å². The van der Waals surface area contributed by atoms with E-state index >= 15 is 0 Å². The summed E-state index contributed by atoms with van der Waals surface area (Å²) in [6.45, 7) is -2.29. The van der Waals surface area contributed by atoms with Gasteiger partial charge in [-0.15, -0.1) is 0 Å². The van der Waals surface area contributed by atoms with Crippen molar-refractivity contribution in [3.8, 4) is 62.9 Å². The zero-order chi connectivity index (χ0) is 56.1. The first-order chi connectivity index (χ1) is 37.2. The summed E-state index contributed by atoms with van der Waals surface area (Å²) in [5.74, 6) is -3.81. The fraction of sp³-hybridized carbons (Fsp3) is 0.365. The molecule has 5 aliphatic rings. The zero-order valence-corrected chi connectivity index (χ0v) is 40.8. The average Bonchev–Trinajstić information content (AvgIpc) is 3.51. The summed E-state index contributed by atoms with van der Waals surface area (Å²) in [5, 5.41) is 138. The summed E-state index contributed by atoms with van der Waals surface area (Å²) in [7, 11) is 1.34. The predicted octanol–water partition coefficient (Wildman–Crippen LogP) is -1.07. The van der Waals surface area contributed by atoms with Gasteiger partial charge in [0.1, 0.15) is 91.0 Å². The van der Waals surface area contributed by atoms with E-state index in [-0.39, 0.29) is 51.4 Å². The number of hydrogen-bond donors (Lipinski definition) is 13. The second-order valence-corrected chi connectivity index (χ2v) is 18.0. The van der Waals surface area contributed by atoms with Gasteiger partial charge in [0.2, 0.25) is 19.2 Å². The maximum Gasteiger partial charge on any atom is 0.510 e. The SMILES string of the molecule is COc1cc(C=CC(=O)OC[C@H]2O[C@@H](Oc3cc(=O)cc4oc(-c5ccc(O)cc5)c(O[C@H]5O[C@H](CO)[C@@H](O)[C@H](O)[C@H]5O[C@@H]5O[C@H](COC(=[OH+])C=Cc6ccc(O)c(O)c6)[C@@H](O)[C@H](O)[C@H]5O)cc3-4)[C@H](O)[C@@H](O)[C@@H]2O)ccc1O. The topological polar surface area (TPSA) is 415 Å². The van der Waals surface area contributed by atoms with Gasteiger partial charge in [0.15, 0.2) is 52.3 Å². The van der Waals surface area contributed by atoms with Gasteiger partial charge >= 0.3 is 11.9 Å². The number of phenolic OH excluding ortho intramolecular Hbond substituents is 4. The Morgan fingerprint density at radius 2 is 1.18 bits per heavy atom. The highest BCUT2D eigenvalue weighted by molar-refractivity contribution is 5.88. The normalized spacial score (nSPS) is 29.3. The zero-order valence-electron chi connectivity index (χ0n) is 40.8. The molecule has 3 saturated heterocycles. The molecule has 4 aliphatic heterocycles. The molecule has 15 atom stereocenters. The van der Waals surface area contributed by atoms with E-state index in [0.717, 1.165) is 24.3 Å². The quantitative estimate of drug-likeness (QED) is 0.0228. The predicted molar refractivity (Wildman–Crippen MR) is 262 cm³/mol. The standard InChI is InChI=1S/C52H54O26/c1-69-33-15-23(3-11-29(33)57)5-13-39(60)70-20-36-41(62)43(64)46(67)50(76-36)73-32-17-26(55)16-31-27(32)18-34(48(72-31)24-6-8-25(54)9-7-24)74-52-49(45(66)40(61)35(19-53)75-52)78-51-47(68)44(65)42(63)37(77-51)21-71-38(59)12-4-22-2-10-28(56)30(58)14-22/h2-18,35-37,40-47,49-54,56-58,61-68H,19-21H2,1H3/p+1/t35-,36-,37-,40-,41-,42-,43+,44+,45+,46-,47-,49-,50-,51+,52+/m1/s1. The van der Waals surface area contributed by atoms with Crippen molar-refractivity contribution < 1.29 is 123 Å². The van der Waals surface area contributed by atoms with Crippen LogP contribution in [0.2, 0.25) is 0 Å². The van der Waals surface area contributed by atoms with Gasteiger partial charge in [-0.1, -0.05) is 12.1 Å². The van der Waals surface area contributed by atoms with Gasteiger partial charge in [-0.05, 0) is 77.9 Å². The van der Waals surface area contributed by atoms with Crippen LogP contribution in [-0.2, 0) is 33.2 Å². The van der Waals surface area contributed by atoms with Crippen LogP contribution in [0.25, 0.3) is 34.8 Å². The lowest BCUT2D eigenvalue weighted by Crippen LogP contribution is -2.65. The number of fused-ring (bicyclic) bond motifs is 1. The van der Waals surface area contributed by atoms with Crippen molar-refractivity contribution >= 4 is 24.1 Å². The molecule has 0 saturated carbocycles. The van der Waals surface area contributed by atoms with Crippen molar-refractivity contribution in [2.45, 2.75) is 92.1 Å². The van der Waals surface area contributed by atoms with Crippen LogP contribution in [-0.4, -0.2) is 202 Å². The van der Waals surface area contributed by atoms with Gasteiger partial charge in [-0.3, -0.25) is 4.79 Å². The fourth-order valence-corrected chi connectivity index (χ4v) is 8.38. The minimum absolute atomic E-state index is 0.114. The molecule has 8 rings (SSSR count). The summed E-state index contributed by atoms with van der Waals surface area (Å²) in [5.41, 5.74) is 0.117. The molecule has 0 aromatic heterocycles. The average molecular weight is 1100 g/mol. The van der Waals surface area contributed by atoms with Crippen LogP contribution in [0.5, 0.6) is 40.2 Å². The van der Waals surface area contributed by atoms with E-state index in [0.29, 0.717) is 11.1 Å². The van der Waals surface area contributed by atoms with Crippen LogP contribution in [0.4, 0.5) is 0 Å². The van der Waals surface area contributed by atoms with Crippen molar-refractivity contribution in [1.29, 1.82) is 0 Å². The Bertz CT molecular complexity index is 2980. The number of ether oxygens (including phenoxy) is 9. The number of carbonyl (C=O) groups excluding carboxylic acids is 2. The number of hydrogen-bond acceptors (Lipinski definition) is 25. The molecule has 0 amide bonds. The summed E-state index contributed by atoms with van der Waals surface area (Å²) < 4.78 is 57.5. The van der Waals surface area contributed by atoms with Crippen molar-refractivity contribution in [1.82, 2.24) is 0 Å². The number of aromatic hydroxyl groups is 4. The Morgan fingerprint density at radius 1 is 0.590 bits per heavy atom. The molecule has 26 nitrogen and oxygen atoms in total. The van der Waals surface area contributed by atoms with E-state index < -0.39 is 141 Å². The summed E-state index contributed by atoms with van der Waals surface area (Å²) in [4.78, 5) is 36.4. The van der Waals surface area contributed by atoms with Crippen molar-refractivity contribution in [3.05, 3.63) is 112 Å². The molecule has 0 unspecified atom stereocenters. The number of methoxy groups -OCH3 is 1. The first-order valence-corrected chi connectivity index (χ1v) is 23.8. The Morgan fingerprint density at radius 3 is 1.85 bits per heavy atom. The Kier molecular flexibility index (Phi) is 17.8. The molecule has 78 heavy (non-hydrogen) atoms. The third-order valence-electron chi connectivity index (χ3n) is 12.7. The Balaban J connectivity index is 1.05. The molecule has 14 N–H and O–H groups in total. The van der Waals surface area contributed by atoms with E-state index in [1.54, 1.807) is 0 Å². The summed E-state index contributed by atoms with van der Waals surface area (Å²) in [6.07, 6.45) is -23.5. The number of aliphatic hydroxyl groups is 9. The van der Waals surface area contributed by atoms with Crippen LogP contribution >= 0.6 is 0 Å². The monoisotopic (exact) mass is 1100 g/mol. The number of carbonyl (C=O) groups is 1. The minimum atomic E-state index is -2.08. The Labute approximate surface area is 440 Å². The third-order valence-corrected chi connectivity index (χ3v) is 12.7. The van der Waals surface area contributed by atoms with Crippen LogP contribution in [0.3, 0.4) is 0 Å². The molecule has 0 bridgehead atoms. The van der Waals surface area contributed by atoms with Crippen LogP contribution in [0.15, 0.2) is 100 Å². The van der Waals surface area contributed by atoms with Gasteiger partial charge in [-0.2, -0.15) is 0 Å². The van der Waals surface area contributed by atoms with E-state index in [1.165, 1.54) is 86.0 Å². The molecule has 26 heteroatoms. The third kappa shape index (κ3) is 12.8. The maximum atomic E-state index is 13.2. The molecule has 1 aliphatic carbocycles. The lowest BCUT2D eigenvalue weighted by molar-refractivity contribution is -0.357. The van der Waals surface area contributed by atoms with Gasteiger partial charge in [0, 0.05) is 23.8 Å². The first-order valence-electron chi connectivity index (χ1n) is 23.8. The first kappa shape index (κ1) is 56.8. The number of benzene rings is 4. The van der Waals surface area contributed by atoms with E-state index in [1.807, 2.05) is 0 Å². The number of aliphatic hydroxyl groups excluding tert-OH is 9. The van der Waals surface area contributed by atoms with Crippen molar-refractivity contribution in [2.75, 3.05) is 26.9 Å². The molecule has 3 aromatic carbocycles. The minimum Gasteiger partial charge on any atom is -0.508 e. The highest BCUT2D eigenvalue weighted by Gasteiger charge is 2.53. The lowest BCUT2D eigenvalue weighted by atomic mass is 9.97. The summed E-state index contributed by atoms with van der Waals surface area (Å²) >= 11 is 0. The molecule has 0 spiro atoms. The summed E-state index contributed by atoms with van der Waals surface area (Å²) in [6, 6.07) is 16.6. The van der Waals surface area contributed by atoms with Crippen molar-refractivity contribution in [2.24, 2.45) is 0 Å². The molecule has 3 aromatic rings. The number of phenols is 4. The van der Waals surface area contributed by atoms with Gasteiger partial charge in [-0.25, -0.2) is 4.79 Å². The molecule has 418 valence electrons. The second-order valence-electron chi connectivity index (χ2n) is 18.0. The highest BCUT2D eigenvalue weighted by Crippen LogP contribution is 2.44. The second kappa shape index (κ2) is 24.5. The fourth-order valence-electron chi connectivity index (χ4n) is 8.38. The van der Waals surface area contributed by atoms with Crippen molar-refractivity contribution in [3.63, 3.8) is 0 Å². The smallest absolute Gasteiger partial charge is 0.508 e. The molecule has 0 radical (unpaired) electrons. The van der Waals surface area contributed by atoms with Crippen LogP contribution < -0.4 is 19.6 Å².